The number of nitrogens with one attached hydrogen (secondary N) is 1. The number of benzene rings is 2. The first-order valence-corrected chi connectivity index (χ1v) is 12.1. The van der Waals surface area contributed by atoms with Crippen molar-refractivity contribution in [3.63, 3.8) is 0 Å². The smallest absolute Gasteiger partial charge is 0.170 e. The summed E-state index contributed by atoms with van der Waals surface area (Å²) in [7, 11) is 4.32. The highest BCUT2D eigenvalue weighted by Gasteiger charge is 2.24. The van der Waals surface area contributed by atoms with Crippen molar-refractivity contribution in [1.82, 2.24) is 9.88 Å². The number of phenolic OH excluding ortho intramolecular Hbond substituents is 1. The Labute approximate surface area is 200 Å². The number of nitrogens with zero attached hydrogens (tertiary/aromatic N) is 2. The molecule has 1 fully saturated rings. The van der Waals surface area contributed by atoms with Crippen LogP contribution in [0.4, 0.5) is 10.1 Å². The van der Waals surface area contributed by atoms with Gasteiger partial charge in [-0.2, -0.15) is 0 Å². The molecule has 1 heterocycles. The maximum atomic E-state index is 14.2. The topological polar surface area (TPSA) is 48.4 Å². The summed E-state index contributed by atoms with van der Waals surface area (Å²) < 4.78 is 14.2. The Hall–Kier alpha value is -2.37. The molecule has 3 aromatic rings. The van der Waals surface area contributed by atoms with E-state index in [1.165, 1.54) is 24.5 Å². The number of phenols is 1. The Balaban J connectivity index is 1.74. The van der Waals surface area contributed by atoms with Crippen LogP contribution in [0.15, 0.2) is 36.5 Å². The molecule has 0 aliphatic heterocycles. The van der Waals surface area contributed by atoms with Crippen LogP contribution in [0.3, 0.4) is 0 Å². The number of rotatable bonds is 6. The van der Waals surface area contributed by atoms with Crippen molar-refractivity contribution >= 4 is 28.2 Å². The minimum absolute atomic E-state index is 0.00720. The highest BCUT2D eigenvalue weighted by Crippen LogP contribution is 2.37. The fourth-order valence-electron chi connectivity index (χ4n) is 4.85. The van der Waals surface area contributed by atoms with Crippen LogP contribution in [0.25, 0.3) is 22.0 Å². The second-order valence-corrected chi connectivity index (χ2v) is 10.3. The van der Waals surface area contributed by atoms with Crippen LogP contribution in [-0.4, -0.2) is 41.2 Å². The summed E-state index contributed by atoms with van der Waals surface area (Å²) in [5.74, 6) is -0.736. The molecule has 0 bridgehead atoms. The second kappa shape index (κ2) is 9.86. The van der Waals surface area contributed by atoms with Crippen LogP contribution in [0.2, 0.25) is 5.02 Å². The Kier molecular flexibility index (Phi) is 7.10. The van der Waals surface area contributed by atoms with Gasteiger partial charge in [0.25, 0.3) is 0 Å². The van der Waals surface area contributed by atoms with Gasteiger partial charge in [-0.25, -0.2) is 4.39 Å². The number of fused-ring (bicyclic) bond motifs is 1. The lowest BCUT2D eigenvalue weighted by Gasteiger charge is -2.34. The minimum atomic E-state index is -0.722. The molecular weight excluding hydrogens is 437 g/mol. The third kappa shape index (κ3) is 5.25. The van der Waals surface area contributed by atoms with E-state index in [2.05, 4.69) is 44.2 Å². The average molecular weight is 470 g/mol. The van der Waals surface area contributed by atoms with E-state index in [-0.39, 0.29) is 5.02 Å². The molecule has 1 aromatic heterocycles. The summed E-state index contributed by atoms with van der Waals surface area (Å²) in [4.78, 5) is 7.05. The first-order valence-electron chi connectivity index (χ1n) is 11.8. The van der Waals surface area contributed by atoms with Crippen LogP contribution in [0.1, 0.15) is 45.1 Å². The molecule has 6 heteroatoms. The summed E-state index contributed by atoms with van der Waals surface area (Å²) in [6.45, 7) is 4.43. The fourth-order valence-corrected chi connectivity index (χ4v) is 5.06. The van der Waals surface area contributed by atoms with Crippen LogP contribution in [0, 0.1) is 11.7 Å². The predicted octanol–water partition coefficient (Wildman–Crippen LogP) is 6.88. The van der Waals surface area contributed by atoms with E-state index in [9.17, 15) is 9.50 Å². The number of aromatic hydroxyl groups is 1. The van der Waals surface area contributed by atoms with Gasteiger partial charge in [-0.1, -0.05) is 31.5 Å². The van der Waals surface area contributed by atoms with Crippen LogP contribution >= 0.6 is 11.6 Å². The predicted molar refractivity (Wildman–Crippen MR) is 136 cm³/mol. The molecular formula is C27H33ClFN3O. The zero-order chi connectivity index (χ0) is 23.7. The Morgan fingerprint density at radius 2 is 1.85 bits per heavy atom. The largest absolute Gasteiger partial charge is 0.504 e. The average Bonchev–Trinajstić information content (AvgIpc) is 2.78. The second-order valence-electron chi connectivity index (χ2n) is 9.89. The third-order valence-electron chi connectivity index (χ3n) is 6.70. The molecule has 1 aliphatic rings. The molecule has 0 atom stereocenters. The van der Waals surface area contributed by atoms with Gasteiger partial charge in [0.2, 0.25) is 0 Å². The summed E-state index contributed by atoms with van der Waals surface area (Å²) >= 11 is 6.05. The summed E-state index contributed by atoms with van der Waals surface area (Å²) in [5, 5.41) is 14.6. The van der Waals surface area contributed by atoms with Crippen molar-refractivity contribution in [3.05, 3.63) is 52.9 Å². The van der Waals surface area contributed by atoms with E-state index in [4.69, 9.17) is 16.6 Å². The number of hydrogen-bond donors (Lipinski definition) is 2. The molecule has 33 heavy (non-hydrogen) atoms. The lowest BCUT2D eigenvalue weighted by Crippen LogP contribution is -2.36. The molecule has 2 aromatic carbocycles. The molecule has 4 rings (SSSR count). The number of halogens is 2. The quantitative estimate of drug-likeness (QED) is 0.413. The highest BCUT2D eigenvalue weighted by atomic mass is 35.5. The summed E-state index contributed by atoms with van der Waals surface area (Å²) in [6.07, 6.45) is 7.56. The molecule has 2 N–H and O–H groups in total. The van der Waals surface area contributed by atoms with Crippen LogP contribution in [-0.2, 0) is 6.42 Å². The van der Waals surface area contributed by atoms with Crippen molar-refractivity contribution in [1.29, 1.82) is 0 Å². The standard InChI is InChI=1S/C27H33ClFN3O/c1-16(2)11-19-15-30-25-10-5-17(18-13-23(28)27(33)24(29)14-18)12-22(25)26(19)31-20-6-8-21(9-7-20)32(3)4/h5,10,12-16,20-21,33H,6-9,11H2,1-4H3,(H,30,31). The van der Waals surface area contributed by atoms with Crippen molar-refractivity contribution in [3.8, 4) is 16.9 Å². The SMILES string of the molecule is CC(C)Cc1cnc2ccc(-c3cc(F)c(O)c(Cl)c3)cc2c1NC1CCC(N(C)C)CC1. The zero-order valence-electron chi connectivity index (χ0n) is 19.8. The van der Waals surface area contributed by atoms with Gasteiger partial charge < -0.3 is 15.3 Å². The molecule has 0 radical (unpaired) electrons. The Morgan fingerprint density at radius 3 is 2.48 bits per heavy atom. The van der Waals surface area contributed by atoms with E-state index < -0.39 is 11.6 Å². The maximum Gasteiger partial charge on any atom is 0.170 e. The Bertz CT molecular complexity index is 1120. The molecule has 1 aliphatic carbocycles. The monoisotopic (exact) mass is 469 g/mol. The summed E-state index contributed by atoms with van der Waals surface area (Å²) in [6, 6.07) is 9.94. The lowest BCUT2D eigenvalue weighted by atomic mass is 9.89. The minimum Gasteiger partial charge on any atom is -0.504 e. The lowest BCUT2D eigenvalue weighted by molar-refractivity contribution is 0.221. The van der Waals surface area contributed by atoms with Crippen molar-refractivity contribution in [2.75, 3.05) is 19.4 Å². The van der Waals surface area contributed by atoms with Crippen molar-refractivity contribution < 1.29 is 9.50 Å². The molecule has 1 saturated carbocycles. The van der Waals surface area contributed by atoms with Gasteiger partial charge in [-0.05, 0) is 93.1 Å². The van der Waals surface area contributed by atoms with Gasteiger partial charge in [0.1, 0.15) is 0 Å². The molecule has 0 unspecified atom stereocenters. The Morgan fingerprint density at radius 1 is 1.12 bits per heavy atom. The van der Waals surface area contributed by atoms with Crippen LogP contribution < -0.4 is 5.32 Å². The first-order chi connectivity index (χ1) is 15.7. The number of hydrogen-bond acceptors (Lipinski definition) is 4. The van der Waals surface area contributed by atoms with E-state index in [1.54, 1.807) is 6.07 Å². The molecule has 0 amide bonds. The first kappa shape index (κ1) is 23.8. The number of aromatic nitrogens is 1. The number of anilines is 1. The van der Waals surface area contributed by atoms with Gasteiger partial charge in [0, 0.05) is 29.4 Å². The molecule has 4 nitrogen and oxygen atoms in total. The van der Waals surface area contributed by atoms with E-state index >= 15 is 0 Å². The van der Waals surface area contributed by atoms with Gasteiger partial charge in [0.05, 0.1) is 10.5 Å². The van der Waals surface area contributed by atoms with Crippen LogP contribution in [0.5, 0.6) is 5.75 Å². The van der Waals surface area contributed by atoms with Gasteiger partial charge in [0.15, 0.2) is 11.6 Å². The molecule has 0 spiro atoms. The van der Waals surface area contributed by atoms with E-state index in [1.807, 2.05) is 18.3 Å². The van der Waals surface area contributed by atoms with E-state index in [0.29, 0.717) is 23.6 Å². The summed E-state index contributed by atoms with van der Waals surface area (Å²) in [5.41, 5.74) is 4.71. The molecule has 0 saturated heterocycles. The van der Waals surface area contributed by atoms with Gasteiger partial charge >= 0.3 is 0 Å². The fraction of sp³-hybridized carbons (Fsp3) is 0.444. The van der Waals surface area contributed by atoms with E-state index in [0.717, 1.165) is 41.4 Å². The van der Waals surface area contributed by atoms with Crippen molar-refractivity contribution in [2.24, 2.45) is 5.92 Å². The number of pyridine rings is 1. The highest BCUT2D eigenvalue weighted by molar-refractivity contribution is 6.32. The van der Waals surface area contributed by atoms with Gasteiger partial charge in [-0.3, -0.25) is 4.98 Å². The maximum absolute atomic E-state index is 14.2. The normalized spacial score (nSPS) is 18.9. The molecule has 176 valence electrons. The van der Waals surface area contributed by atoms with Gasteiger partial charge in [-0.15, -0.1) is 0 Å². The van der Waals surface area contributed by atoms with Crippen molar-refractivity contribution in [2.45, 2.75) is 58.0 Å². The third-order valence-corrected chi connectivity index (χ3v) is 6.99. The zero-order valence-corrected chi connectivity index (χ0v) is 20.6.